The lowest BCUT2D eigenvalue weighted by molar-refractivity contribution is -0.140. The van der Waals surface area contributed by atoms with Crippen molar-refractivity contribution < 1.29 is 9.53 Å². The average molecular weight is 222 g/mol. The Morgan fingerprint density at radius 1 is 1.38 bits per heavy atom. The molecule has 0 saturated heterocycles. The van der Waals surface area contributed by atoms with Crippen molar-refractivity contribution >= 4 is 11.7 Å². The molecule has 0 aliphatic rings. The second-order valence-corrected chi connectivity index (χ2v) is 3.52. The molecule has 0 aliphatic carbocycles. The van der Waals surface area contributed by atoms with Crippen LogP contribution >= 0.6 is 0 Å². The molecule has 0 saturated carbocycles. The zero-order valence-electron chi connectivity index (χ0n) is 9.85. The molecule has 88 valence electrons. The lowest BCUT2D eigenvalue weighted by Gasteiger charge is -2.23. The molecule has 1 rings (SSSR count). The van der Waals surface area contributed by atoms with Gasteiger partial charge in [0.1, 0.15) is 0 Å². The van der Waals surface area contributed by atoms with Gasteiger partial charge < -0.3 is 9.64 Å². The van der Waals surface area contributed by atoms with Gasteiger partial charge in [0, 0.05) is 31.2 Å². The molecule has 0 aromatic carbocycles. The van der Waals surface area contributed by atoms with Crippen molar-refractivity contribution in [2.75, 3.05) is 25.1 Å². The predicted octanol–water partition coefficient (Wildman–Crippen LogP) is 1.86. The predicted molar refractivity (Wildman–Crippen MR) is 63.4 cm³/mol. The van der Waals surface area contributed by atoms with Gasteiger partial charge in [0.05, 0.1) is 13.5 Å². The van der Waals surface area contributed by atoms with E-state index in [-0.39, 0.29) is 5.97 Å². The minimum absolute atomic E-state index is 0.171. The van der Waals surface area contributed by atoms with Crippen LogP contribution in [0.3, 0.4) is 0 Å². The fourth-order valence-electron chi connectivity index (χ4n) is 1.52. The molecule has 4 heteroatoms. The van der Waals surface area contributed by atoms with E-state index in [1.165, 1.54) is 7.11 Å². The van der Waals surface area contributed by atoms with Gasteiger partial charge in [-0.05, 0) is 18.6 Å². The van der Waals surface area contributed by atoms with Gasteiger partial charge in [0.15, 0.2) is 0 Å². The molecule has 4 nitrogen and oxygen atoms in total. The summed E-state index contributed by atoms with van der Waals surface area (Å²) in [6.07, 6.45) is 4.98. The fraction of sp³-hybridized carbons (Fsp3) is 0.500. The van der Waals surface area contributed by atoms with Crippen LogP contribution in [0.1, 0.15) is 19.8 Å². The Morgan fingerprint density at radius 2 is 2.06 bits per heavy atom. The van der Waals surface area contributed by atoms with Crippen molar-refractivity contribution in [3.8, 4) is 0 Å². The number of aromatic nitrogens is 1. The molecular formula is C12H18N2O2. The summed E-state index contributed by atoms with van der Waals surface area (Å²) in [7, 11) is 1.42. The molecule has 0 atom stereocenters. The number of ether oxygens (including phenoxy) is 1. The van der Waals surface area contributed by atoms with Crippen molar-refractivity contribution in [1.29, 1.82) is 0 Å². The second kappa shape index (κ2) is 6.82. The smallest absolute Gasteiger partial charge is 0.307 e. The Hall–Kier alpha value is -1.58. The molecule has 0 spiro atoms. The number of hydrogen-bond acceptors (Lipinski definition) is 4. The van der Waals surface area contributed by atoms with Crippen LogP contribution < -0.4 is 4.90 Å². The van der Waals surface area contributed by atoms with E-state index in [4.69, 9.17) is 0 Å². The van der Waals surface area contributed by atoms with Gasteiger partial charge >= 0.3 is 5.97 Å². The summed E-state index contributed by atoms with van der Waals surface area (Å²) in [5.41, 5.74) is 1.10. The second-order valence-electron chi connectivity index (χ2n) is 3.52. The van der Waals surface area contributed by atoms with E-state index in [9.17, 15) is 4.79 Å². The summed E-state index contributed by atoms with van der Waals surface area (Å²) in [4.78, 5) is 17.2. The van der Waals surface area contributed by atoms with E-state index >= 15 is 0 Å². The van der Waals surface area contributed by atoms with Crippen molar-refractivity contribution in [3.05, 3.63) is 24.5 Å². The maximum absolute atomic E-state index is 11.1. The van der Waals surface area contributed by atoms with Gasteiger partial charge in [-0.15, -0.1) is 0 Å². The van der Waals surface area contributed by atoms with Crippen LogP contribution in [-0.4, -0.2) is 31.2 Å². The first kappa shape index (κ1) is 12.5. The lowest BCUT2D eigenvalue weighted by Crippen LogP contribution is -2.27. The molecule has 0 fully saturated rings. The van der Waals surface area contributed by atoms with Crippen molar-refractivity contribution in [1.82, 2.24) is 4.98 Å². The van der Waals surface area contributed by atoms with E-state index in [0.717, 1.165) is 18.7 Å². The molecular weight excluding hydrogens is 204 g/mol. The van der Waals surface area contributed by atoms with Crippen molar-refractivity contribution in [2.24, 2.45) is 0 Å². The minimum atomic E-state index is -0.171. The van der Waals surface area contributed by atoms with E-state index in [1.807, 2.05) is 12.1 Å². The van der Waals surface area contributed by atoms with Gasteiger partial charge in [-0.2, -0.15) is 0 Å². The highest BCUT2D eigenvalue weighted by Crippen LogP contribution is 2.12. The Balaban J connectivity index is 2.57. The van der Waals surface area contributed by atoms with E-state index < -0.39 is 0 Å². The number of carbonyl (C=O) groups is 1. The van der Waals surface area contributed by atoms with E-state index in [0.29, 0.717) is 13.0 Å². The Labute approximate surface area is 96.2 Å². The average Bonchev–Trinajstić information content (AvgIpc) is 2.35. The molecule has 16 heavy (non-hydrogen) atoms. The van der Waals surface area contributed by atoms with Gasteiger partial charge in [0.25, 0.3) is 0 Å². The first-order valence-electron chi connectivity index (χ1n) is 5.49. The van der Waals surface area contributed by atoms with Crippen LogP contribution in [0.25, 0.3) is 0 Å². The number of hydrogen-bond donors (Lipinski definition) is 0. The third-order valence-corrected chi connectivity index (χ3v) is 2.33. The largest absolute Gasteiger partial charge is 0.469 e. The van der Waals surface area contributed by atoms with Crippen LogP contribution in [0.5, 0.6) is 0 Å². The molecule has 0 aliphatic heterocycles. The Morgan fingerprint density at radius 3 is 2.62 bits per heavy atom. The van der Waals surface area contributed by atoms with E-state index in [1.54, 1.807) is 12.4 Å². The standard InChI is InChI=1S/C12H18N2O2/c1-3-9-14(10-6-12(15)16-2)11-4-7-13-8-5-11/h4-5,7-8H,3,6,9-10H2,1-2H3. The van der Waals surface area contributed by atoms with Gasteiger partial charge in [-0.1, -0.05) is 6.92 Å². The van der Waals surface area contributed by atoms with Crippen LogP contribution in [0.4, 0.5) is 5.69 Å². The number of methoxy groups -OCH3 is 1. The minimum Gasteiger partial charge on any atom is -0.469 e. The van der Waals surface area contributed by atoms with Crippen LogP contribution in [0.2, 0.25) is 0 Å². The molecule has 0 unspecified atom stereocenters. The molecule has 1 aromatic rings. The molecule has 0 N–H and O–H groups in total. The Kier molecular flexibility index (Phi) is 5.32. The molecule has 0 radical (unpaired) electrons. The summed E-state index contributed by atoms with van der Waals surface area (Å²) in [6, 6.07) is 3.90. The topological polar surface area (TPSA) is 42.4 Å². The van der Waals surface area contributed by atoms with Gasteiger partial charge in [-0.25, -0.2) is 0 Å². The highest BCUT2D eigenvalue weighted by Gasteiger charge is 2.08. The fourth-order valence-corrected chi connectivity index (χ4v) is 1.52. The summed E-state index contributed by atoms with van der Waals surface area (Å²) >= 11 is 0. The van der Waals surface area contributed by atoms with Crippen LogP contribution in [0.15, 0.2) is 24.5 Å². The molecule has 0 amide bonds. The molecule has 1 heterocycles. The zero-order valence-corrected chi connectivity index (χ0v) is 9.85. The SMILES string of the molecule is CCCN(CCC(=O)OC)c1ccncc1. The van der Waals surface area contributed by atoms with Crippen molar-refractivity contribution in [3.63, 3.8) is 0 Å². The maximum atomic E-state index is 11.1. The first-order chi connectivity index (χ1) is 7.77. The van der Waals surface area contributed by atoms with Gasteiger partial charge in [0.2, 0.25) is 0 Å². The highest BCUT2D eigenvalue weighted by atomic mass is 16.5. The lowest BCUT2D eigenvalue weighted by atomic mass is 10.3. The molecule has 1 aromatic heterocycles. The van der Waals surface area contributed by atoms with Crippen LogP contribution in [0, 0.1) is 0 Å². The summed E-state index contributed by atoms with van der Waals surface area (Å²) in [5.74, 6) is -0.171. The maximum Gasteiger partial charge on any atom is 0.307 e. The summed E-state index contributed by atoms with van der Waals surface area (Å²) < 4.78 is 4.64. The zero-order chi connectivity index (χ0) is 11.8. The highest BCUT2D eigenvalue weighted by molar-refractivity contribution is 5.70. The number of rotatable bonds is 6. The number of pyridine rings is 1. The number of esters is 1. The van der Waals surface area contributed by atoms with Crippen LogP contribution in [-0.2, 0) is 9.53 Å². The van der Waals surface area contributed by atoms with Gasteiger partial charge in [-0.3, -0.25) is 9.78 Å². The quantitative estimate of drug-likeness (QED) is 0.689. The molecule has 0 bridgehead atoms. The Bertz CT molecular complexity index is 314. The third kappa shape index (κ3) is 3.88. The van der Waals surface area contributed by atoms with E-state index in [2.05, 4.69) is 21.5 Å². The normalized spacial score (nSPS) is 9.88. The number of carbonyl (C=O) groups excluding carboxylic acids is 1. The third-order valence-electron chi connectivity index (χ3n) is 2.33. The number of nitrogens with zero attached hydrogens (tertiary/aromatic N) is 2. The first-order valence-corrected chi connectivity index (χ1v) is 5.49. The number of anilines is 1. The summed E-state index contributed by atoms with van der Waals surface area (Å²) in [5, 5.41) is 0. The summed E-state index contributed by atoms with van der Waals surface area (Å²) in [6.45, 7) is 3.73. The monoisotopic (exact) mass is 222 g/mol. The van der Waals surface area contributed by atoms with Crippen molar-refractivity contribution in [2.45, 2.75) is 19.8 Å².